The van der Waals surface area contributed by atoms with Crippen LogP contribution in [0.4, 0.5) is 5.69 Å². The maximum atomic E-state index is 12.5. The fourth-order valence-corrected chi connectivity index (χ4v) is 2.42. The Labute approximate surface area is 126 Å². The second-order valence-corrected chi connectivity index (χ2v) is 5.63. The number of carbonyl (C=O) groups is 1. The summed E-state index contributed by atoms with van der Waals surface area (Å²) in [5.41, 5.74) is 11.7. The van der Waals surface area contributed by atoms with Gasteiger partial charge in [0.2, 0.25) is 0 Å². The van der Waals surface area contributed by atoms with Crippen LogP contribution in [0.25, 0.3) is 0 Å². The van der Waals surface area contributed by atoms with E-state index in [1.807, 2.05) is 26.1 Å². The summed E-state index contributed by atoms with van der Waals surface area (Å²) in [4.78, 5) is 14.3. The molecule has 0 aromatic heterocycles. The average molecular weight is 282 g/mol. The molecule has 0 unspecified atom stereocenters. The highest BCUT2D eigenvalue weighted by Crippen LogP contribution is 2.19. The number of amides is 1. The van der Waals surface area contributed by atoms with Gasteiger partial charge in [0, 0.05) is 19.3 Å². The summed E-state index contributed by atoms with van der Waals surface area (Å²) in [6, 6.07) is 11.8. The summed E-state index contributed by atoms with van der Waals surface area (Å²) in [6.07, 6.45) is 0. The summed E-state index contributed by atoms with van der Waals surface area (Å²) >= 11 is 0. The minimum Gasteiger partial charge on any atom is -0.398 e. The fourth-order valence-electron chi connectivity index (χ4n) is 2.42. The van der Waals surface area contributed by atoms with Crippen molar-refractivity contribution in [3.63, 3.8) is 0 Å². The fraction of sp³-hybridized carbons (Fsp3) is 0.278. The molecule has 0 aliphatic rings. The van der Waals surface area contributed by atoms with Crippen molar-refractivity contribution in [3.05, 3.63) is 64.2 Å². The van der Waals surface area contributed by atoms with Gasteiger partial charge in [0.1, 0.15) is 0 Å². The van der Waals surface area contributed by atoms with Crippen LogP contribution in [0.5, 0.6) is 0 Å². The number of benzene rings is 2. The molecule has 0 aliphatic heterocycles. The number of para-hydroxylation sites is 1. The Morgan fingerprint density at radius 3 is 2.48 bits per heavy atom. The third kappa shape index (κ3) is 3.24. The first-order valence-corrected chi connectivity index (χ1v) is 7.07. The zero-order chi connectivity index (χ0) is 15.6. The Morgan fingerprint density at radius 2 is 1.81 bits per heavy atom. The number of nitrogens with two attached hydrogens (primary N) is 1. The first-order valence-electron chi connectivity index (χ1n) is 7.07. The number of rotatable bonds is 3. The van der Waals surface area contributed by atoms with Crippen LogP contribution in [0.15, 0.2) is 36.4 Å². The third-order valence-electron chi connectivity index (χ3n) is 3.81. The Balaban J connectivity index is 2.21. The lowest BCUT2D eigenvalue weighted by atomic mass is 10.0. The lowest BCUT2D eigenvalue weighted by molar-refractivity contribution is 0.0786. The zero-order valence-electron chi connectivity index (χ0n) is 13.1. The highest BCUT2D eigenvalue weighted by Gasteiger charge is 2.16. The predicted molar refractivity (Wildman–Crippen MR) is 87.3 cm³/mol. The number of carbonyl (C=O) groups excluding carboxylic acids is 1. The first kappa shape index (κ1) is 15.1. The minimum absolute atomic E-state index is 0.0452. The van der Waals surface area contributed by atoms with Gasteiger partial charge in [-0.25, -0.2) is 0 Å². The lowest BCUT2D eigenvalue weighted by Gasteiger charge is -2.20. The van der Waals surface area contributed by atoms with E-state index in [0.717, 1.165) is 11.1 Å². The van der Waals surface area contributed by atoms with Crippen molar-refractivity contribution >= 4 is 11.6 Å². The van der Waals surface area contributed by atoms with Crippen LogP contribution in [-0.4, -0.2) is 17.9 Å². The SMILES string of the molecule is Cc1ccc(CN(C)C(=O)c2cccc(C)c2N)c(C)c1. The number of hydrogen-bond donors (Lipinski definition) is 1. The van der Waals surface area contributed by atoms with Gasteiger partial charge in [0.15, 0.2) is 0 Å². The van der Waals surface area contributed by atoms with Crippen LogP contribution >= 0.6 is 0 Å². The topological polar surface area (TPSA) is 46.3 Å². The van der Waals surface area contributed by atoms with Crippen molar-refractivity contribution in [1.82, 2.24) is 4.90 Å². The minimum atomic E-state index is -0.0452. The molecule has 0 fully saturated rings. The predicted octanol–water partition coefficient (Wildman–Crippen LogP) is 3.47. The van der Waals surface area contributed by atoms with Crippen LogP contribution in [0.2, 0.25) is 0 Å². The average Bonchev–Trinajstić information content (AvgIpc) is 2.44. The van der Waals surface area contributed by atoms with E-state index in [2.05, 4.69) is 32.0 Å². The molecular weight excluding hydrogens is 260 g/mol. The van der Waals surface area contributed by atoms with Gasteiger partial charge in [-0.3, -0.25) is 4.79 Å². The quantitative estimate of drug-likeness (QED) is 0.876. The molecule has 0 atom stereocenters. The van der Waals surface area contributed by atoms with E-state index in [1.54, 1.807) is 11.0 Å². The van der Waals surface area contributed by atoms with Gasteiger partial charge < -0.3 is 10.6 Å². The Morgan fingerprint density at radius 1 is 1.10 bits per heavy atom. The van der Waals surface area contributed by atoms with Crippen molar-refractivity contribution in [1.29, 1.82) is 0 Å². The second-order valence-electron chi connectivity index (χ2n) is 5.63. The first-order chi connectivity index (χ1) is 9.90. The molecule has 0 saturated heterocycles. The monoisotopic (exact) mass is 282 g/mol. The van der Waals surface area contributed by atoms with Crippen LogP contribution in [0, 0.1) is 20.8 Å². The van der Waals surface area contributed by atoms with Crippen molar-refractivity contribution in [3.8, 4) is 0 Å². The van der Waals surface area contributed by atoms with Crippen molar-refractivity contribution in [2.45, 2.75) is 27.3 Å². The van der Waals surface area contributed by atoms with E-state index in [9.17, 15) is 4.79 Å². The van der Waals surface area contributed by atoms with E-state index in [-0.39, 0.29) is 5.91 Å². The molecular formula is C18H22N2O. The van der Waals surface area contributed by atoms with Crippen molar-refractivity contribution in [2.75, 3.05) is 12.8 Å². The number of anilines is 1. The molecule has 0 saturated carbocycles. The number of hydrogen-bond acceptors (Lipinski definition) is 2. The van der Waals surface area contributed by atoms with Crippen LogP contribution in [0.3, 0.4) is 0 Å². The summed E-state index contributed by atoms with van der Waals surface area (Å²) in [6.45, 7) is 6.63. The Kier molecular flexibility index (Phi) is 4.32. The molecule has 0 heterocycles. The van der Waals surface area contributed by atoms with Gasteiger partial charge in [0.25, 0.3) is 5.91 Å². The van der Waals surface area contributed by atoms with Gasteiger partial charge in [0.05, 0.1) is 5.56 Å². The lowest BCUT2D eigenvalue weighted by Crippen LogP contribution is -2.27. The van der Waals surface area contributed by atoms with Gasteiger partial charge >= 0.3 is 0 Å². The molecule has 0 radical (unpaired) electrons. The summed E-state index contributed by atoms with van der Waals surface area (Å²) < 4.78 is 0. The number of nitrogens with zero attached hydrogens (tertiary/aromatic N) is 1. The van der Waals surface area contributed by atoms with E-state index < -0.39 is 0 Å². The molecule has 3 nitrogen and oxygen atoms in total. The molecule has 0 bridgehead atoms. The molecule has 1 amide bonds. The highest BCUT2D eigenvalue weighted by molar-refractivity contribution is 5.99. The second kappa shape index (κ2) is 6.00. The Bertz CT molecular complexity index is 677. The summed E-state index contributed by atoms with van der Waals surface area (Å²) in [5, 5.41) is 0. The molecule has 2 aromatic rings. The third-order valence-corrected chi connectivity index (χ3v) is 3.81. The number of aryl methyl sites for hydroxylation is 3. The summed E-state index contributed by atoms with van der Waals surface area (Å²) in [7, 11) is 1.81. The molecule has 21 heavy (non-hydrogen) atoms. The van der Waals surface area contributed by atoms with E-state index >= 15 is 0 Å². The molecule has 2 rings (SSSR count). The van der Waals surface area contributed by atoms with Crippen LogP contribution < -0.4 is 5.73 Å². The zero-order valence-corrected chi connectivity index (χ0v) is 13.1. The van der Waals surface area contributed by atoms with Crippen LogP contribution in [0.1, 0.15) is 32.6 Å². The summed E-state index contributed by atoms with van der Waals surface area (Å²) in [5.74, 6) is -0.0452. The smallest absolute Gasteiger partial charge is 0.255 e. The van der Waals surface area contributed by atoms with E-state index in [1.165, 1.54) is 11.1 Å². The van der Waals surface area contributed by atoms with Crippen molar-refractivity contribution < 1.29 is 4.79 Å². The standard InChI is InChI=1S/C18H22N2O/c1-12-8-9-15(14(3)10-12)11-20(4)18(21)16-7-5-6-13(2)17(16)19/h5-10H,11,19H2,1-4H3. The molecule has 0 aliphatic carbocycles. The van der Waals surface area contributed by atoms with Gasteiger partial charge in [-0.2, -0.15) is 0 Å². The largest absolute Gasteiger partial charge is 0.398 e. The van der Waals surface area contributed by atoms with Crippen LogP contribution in [-0.2, 0) is 6.54 Å². The molecule has 0 spiro atoms. The molecule has 3 heteroatoms. The molecule has 2 aromatic carbocycles. The van der Waals surface area contributed by atoms with E-state index in [4.69, 9.17) is 5.73 Å². The van der Waals surface area contributed by atoms with Gasteiger partial charge in [-0.05, 0) is 43.5 Å². The van der Waals surface area contributed by atoms with E-state index in [0.29, 0.717) is 17.8 Å². The van der Waals surface area contributed by atoms with Gasteiger partial charge in [-0.15, -0.1) is 0 Å². The molecule has 110 valence electrons. The number of nitrogen functional groups attached to an aromatic ring is 1. The Hall–Kier alpha value is -2.29. The maximum absolute atomic E-state index is 12.5. The normalized spacial score (nSPS) is 10.5. The van der Waals surface area contributed by atoms with Crippen molar-refractivity contribution in [2.24, 2.45) is 0 Å². The highest BCUT2D eigenvalue weighted by atomic mass is 16.2. The molecule has 2 N–H and O–H groups in total. The van der Waals surface area contributed by atoms with Gasteiger partial charge in [-0.1, -0.05) is 35.9 Å². The maximum Gasteiger partial charge on any atom is 0.255 e.